The Kier molecular flexibility index (Phi) is 7.90. The lowest BCUT2D eigenvalue weighted by Crippen LogP contribution is -2.47. The molecule has 3 heterocycles. The number of fused-ring (bicyclic) bond motifs is 2. The third-order valence-corrected chi connectivity index (χ3v) is 6.47. The second kappa shape index (κ2) is 11.1. The molecule has 0 radical (unpaired) electrons. The number of benzene rings is 2. The van der Waals surface area contributed by atoms with Gasteiger partial charge in [-0.25, -0.2) is 9.59 Å². The summed E-state index contributed by atoms with van der Waals surface area (Å²) in [5, 5.41) is 17.5. The highest BCUT2D eigenvalue weighted by molar-refractivity contribution is 6.33. The molecule has 1 aromatic heterocycles. The van der Waals surface area contributed by atoms with Gasteiger partial charge in [-0.05, 0) is 36.2 Å². The van der Waals surface area contributed by atoms with E-state index in [9.17, 15) is 0 Å². The summed E-state index contributed by atoms with van der Waals surface area (Å²) in [6, 6.07) is 9.83. The molecule has 0 spiro atoms. The van der Waals surface area contributed by atoms with Crippen LogP contribution in [0.1, 0.15) is 5.56 Å². The fourth-order valence-electron chi connectivity index (χ4n) is 4.21. The number of carboxylic acids is 2. The molecule has 0 atom stereocenters. The maximum Gasteiger partial charge on any atom is 0.414 e. The summed E-state index contributed by atoms with van der Waals surface area (Å²) in [5.41, 5.74) is 3.41. The van der Waals surface area contributed by atoms with Crippen LogP contribution in [0.25, 0.3) is 10.9 Å². The number of aromatic amines is 1. The molecule has 2 aliphatic heterocycles. The molecule has 0 amide bonds. The lowest BCUT2D eigenvalue weighted by Gasteiger charge is -2.37. The monoisotopic (exact) mass is 521 g/mol. The highest BCUT2D eigenvalue weighted by Crippen LogP contribution is 2.44. The minimum Gasteiger partial charge on any atom is -0.486 e. The van der Waals surface area contributed by atoms with E-state index in [0.717, 1.165) is 71.9 Å². The minimum absolute atomic E-state index is 0.566. The first-order valence-corrected chi connectivity index (χ1v) is 11.9. The normalized spacial score (nSPS) is 15.4. The standard InChI is InChI=1S/C22H23Cl2N3O2.C2H2O4/c23-16-1-2-17-15(14-25-19(17)13-16)5-6-26-7-9-27(10-8-26)21-18(24)3-4-20-22(21)29-12-11-28-20;3-1(4)2(5)6/h1-4,13-14,25H,5-12H2;(H,3,4)(H,5,6). The van der Waals surface area contributed by atoms with Crippen molar-refractivity contribution in [1.29, 1.82) is 0 Å². The molecular formula is C24H25Cl2N3O6. The number of nitrogens with one attached hydrogen (secondary N) is 1. The van der Waals surface area contributed by atoms with Gasteiger partial charge >= 0.3 is 11.9 Å². The molecule has 9 nitrogen and oxygen atoms in total. The largest absolute Gasteiger partial charge is 0.486 e. The van der Waals surface area contributed by atoms with E-state index < -0.39 is 11.9 Å². The summed E-state index contributed by atoms with van der Waals surface area (Å²) in [6.07, 6.45) is 3.12. The summed E-state index contributed by atoms with van der Waals surface area (Å²) in [4.78, 5) is 26.4. The lowest BCUT2D eigenvalue weighted by atomic mass is 10.1. The fourth-order valence-corrected chi connectivity index (χ4v) is 4.65. The summed E-state index contributed by atoms with van der Waals surface area (Å²) in [7, 11) is 0. The van der Waals surface area contributed by atoms with Crippen LogP contribution in [0.4, 0.5) is 5.69 Å². The van der Waals surface area contributed by atoms with E-state index in [2.05, 4.69) is 27.0 Å². The number of piperazine rings is 1. The number of halogens is 2. The number of H-pyrrole nitrogens is 1. The summed E-state index contributed by atoms with van der Waals surface area (Å²) in [5.74, 6) is -2.07. The Balaban J connectivity index is 0.000000431. The van der Waals surface area contributed by atoms with Crippen LogP contribution in [0, 0.1) is 0 Å². The van der Waals surface area contributed by atoms with Gasteiger partial charge in [0.15, 0.2) is 11.5 Å². The lowest BCUT2D eigenvalue weighted by molar-refractivity contribution is -0.159. The van der Waals surface area contributed by atoms with Gasteiger partial charge in [0.1, 0.15) is 18.9 Å². The van der Waals surface area contributed by atoms with Crippen molar-refractivity contribution in [2.45, 2.75) is 6.42 Å². The average molecular weight is 522 g/mol. The van der Waals surface area contributed by atoms with Gasteiger partial charge in [0, 0.05) is 54.8 Å². The number of nitrogens with zero attached hydrogens (tertiary/aromatic N) is 2. The number of rotatable bonds is 4. The molecule has 2 aromatic carbocycles. The van der Waals surface area contributed by atoms with Gasteiger partial charge < -0.3 is 29.6 Å². The zero-order valence-electron chi connectivity index (χ0n) is 18.8. The second-order valence-corrected chi connectivity index (χ2v) is 8.96. The molecule has 0 bridgehead atoms. The molecule has 1 fully saturated rings. The maximum absolute atomic E-state index is 9.10. The Morgan fingerprint density at radius 2 is 1.69 bits per heavy atom. The van der Waals surface area contributed by atoms with Crippen LogP contribution in [0.3, 0.4) is 0 Å². The van der Waals surface area contributed by atoms with E-state index in [1.165, 1.54) is 10.9 Å². The minimum atomic E-state index is -1.82. The molecule has 2 aliphatic rings. The Morgan fingerprint density at radius 3 is 2.40 bits per heavy atom. The molecule has 3 aromatic rings. The molecule has 186 valence electrons. The van der Waals surface area contributed by atoms with Crippen LogP contribution < -0.4 is 14.4 Å². The number of hydrogen-bond donors (Lipinski definition) is 3. The fraction of sp³-hybridized carbons (Fsp3) is 0.333. The van der Waals surface area contributed by atoms with Crippen LogP contribution in [0.15, 0.2) is 36.5 Å². The quantitative estimate of drug-likeness (QED) is 0.444. The number of carboxylic acid groups (broad SMARTS) is 2. The van der Waals surface area contributed by atoms with Gasteiger partial charge in [0.25, 0.3) is 0 Å². The SMILES string of the molecule is Clc1ccc2c(CCN3CCN(c4c(Cl)ccc5c4OCCO5)CC3)c[nH]c2c1.O=C(O)C(=O)O. The van der Waals surface area contributed by atoms with Gasteiger partial charge in [-0.15, -0.1) is 0 Å². The van der Waals surface area contributed by atoms with Gasteiger partial charge in [-0.2, -0.15) is 0 Å². The van der Waals surface area contributed by atoms with E-state index in [1.54, 1.807) is 0 Å². The second-order valence-electron chi connectivity index (χ2n) is 8.11. The predicted octanol–water partition coefficient (Wildman–Crippen LogP) is 3.77. The van der Waals surface area contributed by atoms with Crippen molar-refractivity contribution in [1.82, 2.24) is 9.88 Å². The first-order valence-electron chi connectivity index (χ1n) is 11.1. The van der Waals surface area contributed by atoms with Gasteiger partial charge in [0.05, 0.1) is 5.02 Å². The third kappa shape index (κ3) is 5.93. The Morgan fingerprint density at radius 1 is 0.971 bits per heavy atom. The van der Waals surface area contributed by atoms with Crippen molar-refractivity contribution in [3.05, 3.63) is 52.1 Å². The Bertz CT molecular complexity index is 1210. The predicted molar refractivity (Wildman–Crippen MR) is 133 cm³/mol. The van der Waals surface area contributed by atoms with Crippen molar-refractivity contribution in [2.24, 2.45) is 0 Å². The Labute approximate surface area is 211 Å². The van der Waals surface area contributed by atoms with Gasteiger partial charge in [-0.1, -0.05) is 29.3 Å². The molecule has 0 aliphatic carbocycles. The van der Waals surface area contributed by atoms with E-state index in [0.29, 0.717) is 13.2 Å². The number of ether oxygens (including phenoxy) is 2. The van der Waals surface area contributed by atoms with Crippen molar-refractivity contribution in [3.63, 3.8) is 0 Å². The maximum atomic E-state index is 9.10. The summed E-state index contributed by atoms with van der Waals surface area (Å²) in [6.45, 7) is 6.01. The van der Waals surface area contributed by atoms with Crippen LogP contribution in [0.5, 0.6) is 11.5 Å². The number of anilines is 1. The molecule has 5 rings (SSSR count). The topological polar surface area (TPSA) is 115 Å². The highest BCUT2D eigenvalue weighted by Gasteiger charge is 2.26. The van der Waals surface area contributed by atoms with Crippen LogP contribution in [-0.4, -0.2) is 78.0 Å². The zero-order valence-corrected chi connectivity index (χ0v) is 20.3. The molecule has 0 saturated carbocycles. The van der Waals surface area contributed by atoms with Crippen molar-refractivity contribution >= 4 is 51.7 Å². The van der Waals surface area contributed by atoms with Gasteiger partial charge in [0.2, 0.25) is 0 Å². The summed E-state index contributed by atoms with van der Waals surface area (Å²) < 4.78 is 11.6. The van der Waals surface area contributed by atoms with Crippen molar-refractivity contribution in [2.75, 3.05) is 50.8 Å². The van der Waals surface area contributed by atoms with Gasteiger partial charge in [-0.3, -0.25) is 4.90 Å². The molecular weight excluding hydrogens is 497 g/mol. The zero-order chi connectivity index (χ0) is 24.9. The van der Waals surface area contributed by atoms with E-state index in [4.69, 9.17) is 52.5 Å². The smallest absolute Gasteiger partial charge is 0.414 e. The first kappa shape index (κ1) is 25.0. The first-order chi connectivity index (χ1) is 16.8. The molecule has 0 unspecified atom stereocenters. The average Bonchev–Trinajstić information content (AvgIpc) is 3.25. The number of hydrogen-bond acceptors (Lipinski definition) is 6. The number of aliphatic carboxylic acids is 2. The molecule has 35 heavy (non-hydrogen) atoms. The van der Waals surface area contributed by atoms with Crippen LogP contribution >= 0.6 is 23.2 Å². The summed E-state index contributed by atoms with van der Waals surface area (Å²) >= 11 is 12.6. The molecule has 1 saturated heterocycles. The molecule has 3 N–H and O–H groups in total. The highest BCUT2D eigenvalue weighted by atomic mass is 35.5. The molecule has 11 heteroatoms. The van der Waals surface area contributed by atoms with Crippen molar-refractivity contribution < 1.29 is 29.3 Å². The number of carbonyl (C=O) groups is 2. The van der Waals surface area contributed by atoms with Crippen molar-refractivity contribution in [3.8, 4) is 11.5 Å². The van der Waals surface area contributed by atoms with Crippen LogP contribution in [0.2, 0.25) is 10.0 Å². The van der Waals surface area contributed by atoms with E-state index in [-0.39, 0.29) is 0 Å². The van der Waals surface area contributed by atoms with E-state index in [1.807, 2.05) is 24.3 Å². The Hall–Kier alpha value is -3.14. The van der Waals surface area contributed by atoms with E-state index >= 15 is 0 Å². The number of aromatic nitrogens is 1. The van der Waals surface area contributed by atoms with Crippen LogP contribution in [-0.2, 0) is 16.0 Å². The third-order valence-electron chi connectivity index (χ3n) is 5.93.